The Bertz CT molecular complexity index is 770. The average molecular weight is 379 g/mol. The molecule has 26 heavy (non-hydrogen) atoms. The minimum absolute atomic E-state index is 0.160. The number of anilines is 2. The summed E-state index contributed by atoms with van der Waals surface area (Å²) >= 11 is 0. The maximum absolute atomic E-state index is 12.6. The highest BCUT2D eigenvalue weighted by Crippen LogP contribution is 2.29. The minimum atomic E-state index is -3.22. The van der Waals surface area contributed by atoms with Gasteiger partial charge >= 0.3 is 0 Å². The molecule has 2 N–H and O–H groups in total. The normalized spacial score (nSPS) is 20.7. The third-order valence-electron chi connectivity index (χ3n) is 5.03. The molecule has 0 spiro atoms. The molecule has 1 saturated heterocycles. The van der Waals surface area contributed by atoms with Crippen LogP contribution in [0.1, 0.15) is 39.0 Å². The Kier molecular flexibility index (Phi) is 5.50. The number of rotatable bonds is 5. The van der Waals surface area contributed by atoms with Crippen LogP contribution in [0.2, 0.25) is 0 Å². The van der Waals surface area contributed by atoms with Gasteiger partial charge in [0.2, 0.25) is 21.8 Å². The van der Waals surface area contributed by atoms with Crippen molar-refractivity contribution < 1.29 is 18.0 Å². The van der Waals surface area contributed by atoms with Gasteiger partial charge in [0, 0.05) is 19.2 Å². The molecule has 2 aliphatic rings. The number of hydrogen-bond acceptors (Lipinski definition) is 4. The van der Waals surface area contributed by atoms with Crippen LogP contribution in [0.4, 0.5) is 11.4 Å². The Morgan fingerprint density at radius 3 is 2.31 bits per heavy atom. The Morgan fingerprint density at radius 1 is 1.12 bits per heavy atom. The number of hydrogen-bond donors (Lipinski definition) is 2. The Labute approximate surface area is 154 Å². The molecule has 0 aromatic heterocycles. The summed E-state index contributed by atoms with van der Waals surface area (Å²) in [5.74, 6) is -0.112. The summed E-state index contributed by atoms with van der Waals surface area (Å²) in [4.78, 5) is 24.1. The summed E-state index contributed by atoms with van der Waals surface area (Å²) in [6.45, 7) is 1.90. The molecule has 1 aromatic carbocycles. The molecule has 3 rings (SSSR count). The van der Waals surface area contributed by atoms with Crippen molar-refractivity contribution in [1.82, 2.24) is 5.32 Å². The lowest BCUT2D eigenvalue weighted by molar-refractivity contribution is -0.126. The Balaban J connectivity index is 1.69. The zero-order valence-electron chi connectivity index (χ0n) is 14.9. The van der Waals surface area contributed by atoms with E-state index in [1.807, 2.05) is 0 Å². The number of carbonyl (C=O) groups is 2. The molecule has 142 valence electrons. The van der Waals surface area contributed by atoms with E-state index in [9.17, 15) is 18.0 Å². The molecule has 1 unspecified atom stereocenters. The van der Waals surface area contributed by atoms with Gasteiger partial charge in [-0.05, 0) is 49.4 Å². The number of amides is 2. The van der Waals surface area contributed by atoms with Crippen LogP contribution in [0.15, 0.2) is 24.3 Å². The molecule has 1 saturated carbocycles. The van der Waals surface area contributed by atoms with E-state index in [-0.39, 0.29) is 23.5 Å². The largest absolute Gasteiger partial charge is 0.344 e. The predicted molar refractivity (Wildman–Crippen MR) is 100 cm³/mol. The van der Waals surface area contributed by atoms with Gasteiger partial charge in [-0.25, -0.2) is 8.42 Å². The fraction of sp³-hybridized carbons (Fsp3) is 0.556. The number of sulfonamides is 1. The lowest BCUT2D eigenvalue weighted by Gasteiger charge is -2.23. The zero-order valence-corrected chi connectivity index (χ0v) is 15.7. The maximum Gasteiger partial charge on any atom is 0.247 e. The van der Waals surface area contributed by atoms with E-state index in [4.69, 9.17) is 0 Å². The van der Waals surface area contributed by atoms with E-state index >= 15 is 0 Å². The van der Waals surface area contributed by atoms with Gasteiger partial charge in [-0.2, -0.15) is 0 Å². The highest BCUT2D eigenvalue weighted by atomic mass is 32.2. The molecule has 0 radical (unpaired) electrons. The van der Waals surface area contributed by atoms with E-state index in [2.05, 4.69) is 10.6 Å². The fourth-order valence-electron chi connectivity index (χ4n) is 3.77. The van der Waals surface area contributed by atoms with E-state index in [1.165, 1.54) is 11.2 Å². The first-order chi connectivity index (χ1) is 12.4. The average Bonchev–Trinajstić information content (AvgIpc) is 3.22. The second-order valence-corrected chi connectivity index (χ2v) is 9.01. The lowest BCUT2D eigenvalue weighted by Crippen LogP contribution is -2.47. The quantitative estimate of drug-likeness (QED) is 0.816. The van der Waals surface area contributed by atoms with Crippen molar-refractivity contribution in [3.63, 3.8) is 0 Å². The third kappa shape index (κ3) is 4.17. The molecule has 0 bridgehead atoms. The molecule has 7 nitrogen and oxygen atoms in total. The number of nitrogens with one attached hydrogen (secondary N) is 2. The van der Waals surface area contributed by atoms with Gasteiger partial charge in [0.05, 0.1) is 11.4 Å². The molecule has 2 amide bonds. The summed E-state index contributed by atoms with van der Waals surface area (Å²) in [6.07, 6.45) is 4.65. The van der Waals surface area contributed by atoms with Crippen LogP contribution in [0, 0.1) is 5.92 Å². The molecule has 1 aliphatic carbocycles. The topological polar surface area (TPSA) is 95.6 Å². The maximum atomic E-state index is 12.6. The van der Waals surface area contributed by atoms with Crippen molar-refractivity contribution in [1.29, 1.82) is 0 Å². The fourth-order valence-corrected chi connectivity index (χ4v) is 5.33. The van der Waals surface area contributed by atoms with E-state index < -0.39 is 16.1 Å². The van der Waals surface area contributed by atoms with Crippen molar-refractivity contribution >= 4 is 33.2 Å². The smallest absolute Gasteiger partial charge is 0.247 e. The van der Waals surface area contributed by atoms with Gasteiger partial charge in [0.25, 0.3) is 0 Å². The summed E-state index contributed by atoms with van der Waals surface area (Å²) in [6, 6.07) is 6.25. The number of carbonyl (C=O) groups excluding carboxylic acids is 2. The zero-order chi connectivity index (χ0) is 18.7. The molecule has 1 aromatic rings. The first-order valence-corrected chi connectivity index (χ1v) is 10.7. The summed E-state index contributed by atoms with van der Waals surface area (Å²) in [7, 11) is -3.22. The van der Waals surface area contributed by atoms with Gasteiger partial charge in [0.15, 0.2) is 0 Å². The van der Waals surface area contributed by atoms with Crippen molar-refractivity contribution in [2.45, 2.75) is 45.1 Å². The van der Waals surface area contributed by atoms with E-state index in [0.717, 1.165) is 25.7 Å². The molecular formula is C18H25N3O4S. The minimum Gasteiger partial charge on any atom is -0.344 e. The molecule has 8 heteroatoms. The van der Waals surface area contributed by atoms with Gasteiger partial charge in [-0.15, -0.1) is 0 Å². The third-order valence-corrected chi connectivity index (χ3v) is 6.90. The predicted octanol–water partition coefficient (Wildman–Crippen LogP) is 1.86. The Morgan fingerprint density at radius 2 is 1.77 bits per heavy atom. The summed E-state index contributed by atoms with van der Waals surface area (Å²) in [5, 5.41) is 5.61. The second kappa shape index (κ2) is 7.65. The molecule has 1 heterocycles. The van der Waals surface area contributed by atoms with E-state index in [0.29, 0.717) is 24.3 Å². The van der Waals surface area contributed by atoms with Crippen molar-refractivity contribution in [3.05, 3.63) is 24.3 Å². The first kappa shape index (κ1) is 18.7. The SMILES string of the molecule is CC(=O)NC(C(=O)Nc1ccc(N2CCCS2(=O)=O)cc1)C1CCCC1. The van der Waals surface area contributed by atoms with E-state index in [1.54, 1.807) is 24.3 Å². The van der Waals surface area contributed by atoms with Gasteiger partial charge in [0.1, 0.15) is 6.04 Å². The molecule has 2 fully saturated rings. The highest BCUT2D eigenvalue weighted by molar-refractivity contribution is 7.93. The molecular weight excluding hydrogens is 354 g/mol. The van der Waals surface area contributed by atoms with Crippen molar-refractivity contribution in [2.75, 3.05) is 21.9 Å². The first-order valence-electron chi connectivity index (χ1n) is 9.05. The van der Waals surface area contributed by atoms with Crippen LogP contribution >= 0.6 is 0 Å². The van der Waals surface area contributed by atoms with Crippen molar-refractivity contribution in [3.8, 4) is 0 Å². The van der Waals surface area contributed by atoms with Crippen molar-refractivity contribution in [2.24, 2.45) is 5.92 Å². The Hall–Kier alpha value is -2.09. The van der Waals surface area contributed by atoms with Crippen LogP contribution in [-0.4, -0.2) is 38.6 Å². The molecule has 1 atom stereocenters. The van der Waals surface area contributed by atoms with Gasteiger partial charge in [-0.1, -0.05) is 12.8 Å². The van der Waals surface area contributed by atoms with Crippen LogP contribution in [0.25, 0.3) is 0 Å². The van der Waals surface area contributed by atoms with Crippen LogP contribution < -0.4 is 14.9 Å². The van der Waals surface area contributed by atoms with Crippen LogP contribution in [0.5, 0.6) is 0 Å². The molecule has 1 aliphatic heterocycles. The number of nitrogens with zero attached hydrogens (tertiary/aromatic N) is 1. The van der Waals surface area contributed by atoms with Crippen LogP contribution in [0.3, 0.4) is 0 Å². The lowest BCUT2D eigenvalue weighted by atomic mass is 9.97. The van der Waals surface area contributed by atoms with Crippen LogP contribution in [-0.2, 0) is 19.6 Å². The van der Waals surface area contributed by atoms with Gasteiger partial charge in [-0.3, -0.25) is 13.9 Å². The second-order valence-electron chi connectivity index (χ2n) is 7.00. The standard InChI is InChI=1S/C18H25N3O4S/c1-13(22)19-17(14-5-2-3-6-14)18(23)20-15-7-9-16(10-8-15)21-11-4-12-26(21,24)25/h7-10,14,17H,2-6,11-12H2,1H3,(H,19,22)(H,20,23). The summed E-state index contributed by atoms with van der Waals surface area (Å²) < 4.78 is 25.4. The highest BCUT2D eigenvalue weighted by Gasteiger charge is 2.31. The van der Waals surface area contributed by atoms with Gasteiger partial charge < -0.3 is 10.6 Å². The summed E-state index contributed by atoms with van der Waals surface area (Å²) in [5.41, 5.74) is 1.19. The number of benzene rings is 1. The monoisotopic (exact) mass is 379 g/mol.